The molecule has 0 aliphatic heterocycles. The van der Waals surface area contributed by atoms with Crippen molar-refractivity contribution in [2.45, 2.75) is 31.5 Å². The van der Waals surface area contributed by atoms with Crippen molar-refractivity contribution in [3.05, 3.63) is 30.3 Å². The first-order chi connectivity index (χ1) is 11.6. The average molecular weight is 367 g/mol. The molecule has 0 unspecified atom stereocenters. The van der Waals surface area contributed by atoms with Crippen molar-refractivity contribution in [2.75, 3.05) is 19.3 Å². The Morgan fingerprint density at radius 3 is 2.48 bits per heavy atom. The maximum atomic E-state index is 12.6. The fraction of sp³-hybridized carbons (Fsp3) is 0.467. The Bertz CT molecular complexity index is 827. The zero-order chi connectivity index (χ0) is 18.7. The molecule has 1 aromatic heterocycles. The molecule has 0 bridgehead atoms. The van der Waals surface area contributed by atoms with Gasteiger partial charge in [0.2, 0.25) is 9.84 Å². The highest BCUT2D eigenvalue weighted by molar-refractivity contribution is 7.91. The summed E-state index contributed by atoms with van der Waals surface area (Å²) in [5, 5.41) is 10.5. The van der Waals surface area contributed by atoms with E-state index in [2.05, 4.69) is 15.5 Å². The molecule has 1 aromatic carbocycles. The van der Waals surface area contributed by atoms with Crippen molar-refractivity contribution < 1.29 is 17.9 Å². The van der Waals surface area contributed by atoms with Crippen LogP contribution < -0.4 is 0 Å². The zero-order valence-electron chi connectivity index (χ0n) is 14.6. The smallest absolute Gasteiger partial charge is 0.410 e. The van der Waals surface area contributed by atoms with Gasteiger partial charge < -0.3 is 9.64 Å². The molecule has 0 saturated carbocycles. The number of rotatable bonds is 5. The summed E-state index contributed by atoms with van der Waals surface area (Å²) in [7, 11) is -2.31. The van der Waals surface area contributed by atoms with Crippen LogP contribution in [0.15, 0.2) is 35.5 Å². The summed E-state index contributed by atoms with van der Waals surface area (Å²) in [6.07, 6.45) is -0.592. The molecule has 136 valence electrons. The van der Waals surface area contributed by atoms with Crippen molar-refractivity contribution in [3.8, 4) is 5.69 Å². The fourth-order valence-electron chi connectivity index (χ4n) is 1.88. The first kappa shape index (κ1) is 18.8. The van der Waals surface area contributed by atoms with Crippen molar-refractivity contribution in [1.29, 1.82) is 0 Å². The van der Waals surface area contributed by atoms with Crippen LogP contribution in [0.4, 0.5) is 4.79 Å². The predicted molar refractivity (Wildman–Crippen MR) is 90.1 cm³/mol. The van der Waals surface area contributed by atoms with Gasteiger partial charge >= 0.3 is 6.09 Å². The molecule has 0 saturated heterocycles. The van der Waals surface area contributed by atoms with Gasteiger partial charge in [0.15, 0.2) is 0 Å². The number of ether oxygens (including phenoxy) is 1. The minimum absolute atomic E-state index is 0.0428. The molecule has 0 spiro atoms. The number of amides is 1. The van der Waals surface area contributed by atoms with Gasteiger partial charge in [0.1, 0.15) is 5.60 Å². The highest BCUT2D eigenvalue weighted by atomic mass is 32.2. The van der Waals surface area contributed by atoms with Crippen LogP contribution >= 0.6 is 0 Å². The van der Waals surface area contributed by atoms with Crippen LogP contribution in [-0.4, -0.2) is 64.6 Å². The third-order valence-electron chi connectivity index (χ3n) is 3.12. The molecular formula is C15H21N5O4S. The van der Waals surface area contributed by atoms with E-state index in [1.807, 2.05) is 0 Å². The number of nitrogens with zero attached hydrogens (tertiary/aromatic N) is 5. The molecule has 1 amide bonds. The number of hydrogen-bond donors (Lipinski definition) is 0. The number of carbonyl (C=O) groups is 1. The number of para-hydroxylation sites is 1. The third-order valence-corrected chi connectivity index (χ3v) is 4.65. The first-order valence-electron chi connectivity index (χ1n) is 7.61. The van der Waals surface area contributed by atoms with E-state index in [-0.39, 0.29) is 17.5 Å². The van der Waals surface area contributed by atoms with Gasteiger partial charge in [-0.3, -0.25) is 0 Å². The zero-order valence-corrected chi connectivity index (χ0v) is 15.4. The molecule has 9 nitrogen and oxygen atoms in total. The molecule has 2 aromatic rings. The number of aromatic nitrogens is 4. The Kier molecular flexibility index (Phi) is 5.41. The van der Waals surface area contributed by atoms with E-state index < -0.39 is 21.5 Å². The fourth-order valence-corrected chi connectivity index (χ4v) is 3.15. The standard InChI is InChI=1S/C15H21N5O4S/c1-15(2,3)24-14(21)19(4)10-11-25(22,23)13-16-17-18-20(13)12-8-6-5-7-9-12/h5-9H,10-11H2,1-4H3. The van der Waals surface area contributed by atoms with Crippen molar-refractivity contribution in [2.24, 2.45) is 0 Å². The number of hydrogen-bond acceptors (Lipinski definition) is 7. The van der Waals surface area contributed by atoms with Crippen LogP contribution in [0.5, 0.6) is 0 Å². The Morgan fingerprint density at radius 2 is 1.88 bits per heavy atom. The van der Waals surface area contributed by atoms with E-state index in [1.54, 1.807) is 51.1 Å². The summed E-state index contributed by atoms with van der Waals surface area (Å²) in [6.45, 7) is 5.18. The van der Waals surface area contributed by atoms with Gasteiger partial charge in [0.25, 0.3) is 5.16 Å². The lowest BCUT2D eigenvalue weighted by Crippen LogP contribution is -2.37. The van der Waals surface area contributed by atoms with E-state index in [1.165, 1.54) is 11.9 Å². The van der Waals surface area contributed by atoms with Crippen molar-refractivity contribution >= 4 is 15.9 Å². The van der Waals surface area contributed by atoms with Gasteiger partial charge in [-0.1, -0.05) is 23.3 Å². The van der Waals surface area contributed by atoms with Gasteiger partial charge in [-0.25, -0.2) is 13.2 Å². The Hall–Kier alpha value is -2.49. The lowest BCUT2D eigenvalue weighted by atomic mass is 10.2. The lowest BCUT2D eigenvalue weighted by molar-refractivity contribution is 0.0309. The predicted octanol–water partition coefficient (Wildman–Crippen LogP) is 1.30. The lowest BCUT2D eigenvalue weighted by Gasteiger charge is -2.24. The second kappa shape index (κ2) is 7.18. The second-order valence-electron chi connectivity index (χ2n) is 6.43. The van der Waals surface area contributed by atoms with Gasteiger partial charge in [-0.15, -0.1) is 0 Å². The van der Waals surface area contributed by atoms with Crippen LogP contribution in [0.3, 0.4) is 0 Å². The third kappa shape index (κ3) is 4.99. The molecule has 2 rings (SSSR count). The van der Waals surface area contributed by atoms with E-state index in [4.69, 9.17) is 4.74 Å². The normalized spacial score (nSPS) is 12.0. The molecule has 0 aliphatic rings. The highest BCUT2D eigenvalue weighted by Gasteiger charge is 2.26. The summed E-state index contributed by atoms with van der Waals surface area (Å²) in [5.74, 6) is -0.323. The molecule has 25 heavy (non-hydrogen) atoms. The van der Waals surface area contributed by atoms with Gasteiger partial charge in [-0.05, 0) is 43.3 Å². The largest absolute Gasteiger partial charge is 0.444 e. The molecular weight excluding hydrogens is 346 g/mol. The summed E-state index contributed by atoms with van der Waals surface area (Å²) in [4.78, 5) is 13.1. The second-order valence-corrected chi connectivity index (χ2v) is 8.43. The van der Waals surface area contributed by atoms with Crippen LogP contribution in [-0.2, 0) is 14.6 Å². The van der Waals surface area contributed by atoms with Crippen LogP contribution in [0.1, 0.15) is 20.8 Å². The molecule has 0 fully saturated rings. The minimum Gasteiger partial charge on any atom is -0.444 e. The van der Waals surface area contributed by atoms with Crippen LogP contribution in [0.2, 0.25) is 0 Å². The summed E-state index contributed by atoms with van der Waals surface area (Å²) < 4.78 is 31.5. The molecule has 0 radical (unpaired) electrons. The summed E-state index contributed by atoms with van der Waals surface area (Å²) in [6, 6.07) is 8.70. The SMILES string of the molecule is CN(CCS(=O)(=O)c1nnnn1-c1ccccc1)C(=O)OC(C)(C)C. The van der Waals surface area contributed by atoms with E-state index >= 15 is 0 Å². The van der Waals surface area contributed by atoms with E-state index in [9.17, 15) is 13.2 Å². The molecule has 0 aliphatic carbocycles. The summed E-state index contributed by atoms with van der Waals surface area (Å²) in [5.41, 5.74) is -0.117. The average Bonchev–Trinajstić information content (AvgIpc) is 3.02. The molecule has 10 heteroatoms. The highest BCUT2D eigenvalue weighted by Crippen LogP contribution is 2.14. The topological polar surface area (TPSA) is 107 Å². The van der Waals surface area contributed by atoms with Crippen molar-refractivity contribution in [3.63, 3.8) is 0 Å². The minimum atomic E-state index is -3.79. The Labute approximate surface area is 146 Å². The van der Waals surface area contributed by atoms with E-state index in [0.29, 0.717) is 5.69 Å². The van der Waals surface area contributed by atoms with Gasteiger partial charge in [0, 0.05) is 13.6 Å². The van der Waals surface area contributed by atoms with Crippen molar-refractivity contribution in [1.82, 2.24) is 25.1 Å². The molecule has 1 heterocycles. The Morgan fingerprint density at radius 1 is 1.24 bits per heavy atom. The first-order valence-corrected chi connectivity index (χ1v) is 9.26. The van der Waals surface area contributed by atoms with Crippen LogP contribution in [0.25, 0.3) is 5.69 Å². The number of benzene rings is 1. The quantitative estimate of drug-likeness (QED) is 0.784. The maximum absolute atomic E-state index is 12.6. The maximum Gasteiger partial charge on any atom is 0.410 e. The number of carbonyl (C=O) groups excluding carboxylic acids is 1. The Balaban J connectivity index is 2.11. The van der Waals surface area contributed by atoms with Gasteiger partial charge in [-0.2, -0.15) is 4.68 Å². The van der Waals surface area contributed by atoms with Gasteiger partial charge in [0.05, 0.1) is 11.4 Å². The van der Waals surface area contributed by atoms with Crippen LogP contribution in [0, 0.1) is 0 Å². The van der Waals surface area contributed by atoms with E-state index in [0.717, 1.165) is 4.68 Å². The number of tetrazole rings is 1. The summed E-state index contributed by atoms with van der Waals surface area (Å²) >= 11 is 0. The molecule has 0 atom stereocenters. The monoisotopic (exact) mass is 367 g/mol. The number of sulfone groups is 1. The molecule has 0 N–H and O–H groups in total.